The summed E-state index contributed by atoms with van der Waals surface area (Å²) in [5.41, 5.74) is 8.05. The first-order valence-electron chi connectivity index (χ1n) is 7.70. The van der Waals surface area contributed by atoms with Crippen molar-refractivity contribution in [2.45, 2.75) is 19.3 Å². The highest BCUT2D eigenvalue weighted by Crippen LogP contribution is 2.06. The average Bonchev–Trinajstić information content (AvgIpc) is 2.58. The van der Waals surface area contributed by atoms with Crippen LogP contribution < -0.4 is 11.1 Å². The van der Waals surface area contributed by atoms with Crippen molar-refractivity contribution in [1.29, 1.82) is 0 Å². The molecule has 0 saturated carbocycles. The number of nitrogens with one attached hydrogen (secondary N) is 1. The van der Waals surface area contributed by atoms with Gasteiger partial charge < -0.3 is 16.2 Å². The second kappa shape index (κ2) is 9.33. The number of rotatable bonds is 9. The van der Waals surface area contributed by atoms with E-state index in [4.69, 9.17) is 5.73 Å². The Morgan fingerprint density at radius 1 is 0.955 bits per heavy atom. The summed E-state index contributed by atoms with van der Waals surface area (Å²) in [5, 5.41) is 13.5. The second-order valence-electron chi connectivity index (χ2n) is 5.33. The van der Waals surface area contributed by atoms with Gasteiger partial charge in [0.05, 0.1) is 0 Å². The van der Waals surface area contributed by atoms with E-state index in [1.807, 2.05) is 41.3 Å². The molecular weight excluding hydrogens is 274 g/mol. The largest absolute Gasteiger partial charge is 0.377 e. The lowest BCUT2D eigenvalue weighted by atomic mass is 10.2. The second-order valence-corrected chi connectivity index (χ2v) is 5.33. The van der Waals surface area contributed by atoms with Crippen LogP contribution in [0.1, 0.15) is 11.1 Å². The Hall–Kier alpha value is -1.72. The predicted molar refractivity (Wildman–Crippen MR) is 90.1 cm³/mol. The van der Waals surface area contributed by atoms with Crippen LogP contribution in [0.2, 0.25) is 0 Å². The molecule has 0 bridgehead atoms. The van der Waals surface area contributed by atoms with Gasteiger partial charge in [-0.1, -0.05) is 60.7 Å². The molecule has 4 nitrogen and oxygen atoms in total. The van der Waals surface area contributed by atoms with Gasteiger partial charge in [-0.05, 0) is 11.1 Å². The summed E-state index contributed by atoms with van der Waals surface area (Å²) in [6.07, 6.45) is -0.612. The number of hydrogen-bond donors (Lipinski definition) is 3. The predicted octanol–water partition coefficient (Wildman–Crippen LogP) is 1.56. The topological polar surface area (TPSA) is 61.5 Å². The van der Waals surface area contributed by atoms with Gasteiger partial charge in [0.2, 0.25) is 0 Å². The number of nitrogens with zero attached hydrogens (tertiary/aromatic N) is 1. The highest BCUT2D eigenvalue weighted by molar-refractivity contribution is 5.15. The van der Waals surface area contributed by atoms with Crippen molar-refractivity contribution < 1.29 is 5.11 Å². The van der Waals surface area contributed by atoms with Crippen LogP contribution in [-0.4, -0.2) is 35.9 Å². The molecule has 0 aliphatic carbocycles. The van der Waals surface area contributed by atoms with Gasteiger partial charge in [0, 0.05) is 32.7 Å². The van der Waals surface area contributed by atoms with Gasteiger partial charge in [-0.25, -0.2) is 0 Å². The van der Waals surface area contributed by atoms with Crippen molar-refractivity contribution >= 4 is 0 Å². The Bertz CT molecular complexity index is 518. The lowest BCUT2D eigenvalue weighted by Crippen LogP contribution is -2.43. The van der Waals surface area contributed by atoms with Gasteiger partial charge >= 0.3 is 0 Å². The summed E-state index contributed by atoms with van der Waals surface area (Å²) in [6.45, 7) is 3.33. The minimum Gasteiger partial charge on any atom is -0.377 e. The van der Waals surface area contributed by atoms with Crippen LogP contribution in [0.5, 0.6) is 0 Å². The van der Waals surface area contributed by atoms with Gasteiger partial charge in [0.1, 0.15) is 6.23 Å². The van der Waals surface area contributed by atoms with Gasteiger partial charge in [0.25, 0.3) is 0 Å². The standard InChI is InChI=1S/C18H25N3O/c19-13-18(22)21(15-17-9-5-2-6-10-17)12-11-20-14-16-7-3-1-4-8-16/h1-10,18,20,22H,11-15,19H2. The third kappa shape index (κ3) is 5.58. The summed E-state index contributed by atoms with van der Waals surface area (Å²) in [4.78, 5) is 1.99. The highest BCUT2D eigenvalue weighted by Gasteiger charge is 2.13. The van der Waals surface area contributed by atoms with Crippen LogP contribution in [0.4, 0.5) is 0 Å². The molecule has 1 atom stereocenters. The molecule has 2 aromatic carbocycles. The van der Waals surface area contributed by atoms with Crippen LogP contribution in [0.3, 0.4) is 0 Å². The Labute approximate surface area is 132 Å². The molecule has 0 saturated heterocycles. The summed E-state index contributed by atoms with van der Waals surface area (Å²) in [7, 11) is 0. The third-order valence-electron chi connectivity index (χ3n) is 3.61. The molecule has 0 aliphatic rings. The maximum atomic E-state index is 10.1. The van der Waals surface area contributed by atoms with E-state index >= 15 is 0 Å². The molecule has 0 radical (unpaired) electrons. The molecule has 0 aromatic heterocycles. The third-order valence-corrected chi connectivity index (χ3v) is 3.61. The molecule has 4 heteroatoms. The van der Waals surface area contributed by atoms with E-state index in [9.17, 15) is 5.11 Å². The highest BCUT2D eigenvalue weighted by atomic mass is 16.3. The number of benzene rings is 2. The lowest BCUT2D eigenvalue weighted by molar-refractivity contribution is 0.00577. The molecule has 0 fully saturated rings. The molecule has 0 amide bonds. The molecule has 0 aliphatic heterocycles. The number of aliphatic hydroxyl groups excluding tert-OH is 1. The number of nitrogens with two attached hydrogens (primary N) is 1. The van der Waals surface area contributed by atoms with Crippen LogP contribution in [0.15, 0.2) is 60.7 Å². The van der Waals surface area contributed by atoms with Crippen LogP contribution in [-0.2, 0) is 13.1 Å². The minimum atomic E-state index is -0.612. The molecule has 2 aromatic rings. The molecule has 2 rings (SSSR count). The molecule has 118 valence electrons. The maximum absolute atomic E-state index is 10.1. The van der Waals surface area contributed by atoms with Crippen molar-refractivity contribution in [2.24, 2.45) is 5.73 Å². The average molecular weight is 299 g/mol. The minimum absolute atomic E-state index is 0.242. The van der Waals surface area contributed by atoms with Crippen molar-refractivity contribution in [3.8, 4) is 0 Å². The Balaban J connectivity index is 1.80. The number of aliphatic hydroxyl groups is 1. The fourth-order valence-corrected chi connectivity index (χ4v) is 2.35. The zero-order valence-electron chi connectivity index (χ0n) is 12.9. The summed E-state index contributed by atoms with van der Waals surface area (Å²) >= 11 is 0. The van der Waals surface area contributed by atoms with Crippen molar-refractivity contribution in [3.05, 3.63) is 71.8 Å². The fraction of sp³-hybridized carbons (Fsp3) is 0.333. The quantitative estimate of drug-likeness (QED) is 0.486. The Morgan fingerprint density at radius 2 is 1.55 bits per heavy atom. The smallest absolute Gasteiger partial charge is 0.120 e. The molecular formula is C18H25N3O. The first kappa shape index (κ1) is 16.6. The molecule has 0 heterocycles. The van der Waals surface area contributed by atoms with Crippen molar-refractivity contribution in [2.75, 3.05) is 19.6 Å². The van der Waals surface area contributed by atoms with Crippen LogP contribution in [0, 0.1) is 0 Å². The van der Waals surface area contributed by atoms with Gasteiger partial charge in [-0.15, -0.1) is 0 Å². The van der Waals surface area contributed by atoms with Crippen LogP contribution in [0.25, 0.3) is 0 Å². The van der Waals surface area contributed by atoms with Crippen LogP contribution >= 0.6 is 0 Å². The maximum Gasteiger partial charge on any atom is 0.120 e. The summed E-state index contributed by atoms with van der Waals surface area (Å²) in [6, 6.07) is 20.4. The zero-order valence-corrected chi connectivity index (χ0v) is 12.9. The van der Waals surface area contributed by atoms with Gasteiger partial charge in [0.15, 0.2) is 0 Å². The first-order valence-corrected chi connectivity index (χ1v) is 7.70. The summed E-state index contributed by atoms with van der Waals surface area (Å²) < 4.78 is 0. The Kier molecular flexibility index (Phi) is 7.06. The van der Waals surface area contributed by atoms with E-state index in [-0.39, 0.29) is 6.54 Å². The fourth-order valence-electron chi connectivity index (χ4n) is 2.35. The van der Waals surface area contributed by atoms with Crippen molar-refractivity contribution in [1.82, 2.24) is 10.2 Å². The first-order chi connectivity index (χ1) is 10.8. The number of hydrogen-bond acceptors (Lipinski definition) is 4. The zero-order chi connectivity index (χ0) is 15.6. The van der Waals surface area contributed by atoms with Gasteiger partial charge in [-0.3, -0.25) is 4.90 Å². The van der Waals surface area contributed by atoms with E-state index in [1.54, 1.807) is 0 Å². The van der Waals surface area contributed by atoms with Crippen molar-refractivity contribution in [3.63, 3.8) is 0 Å². The molecule has 22 heavy (non-hydrogen) atoms. The molecule has 4 N–H and O–H groups in total. The van der Waals surface area contributed by atoms with E-state index in [0.717, 1.165) is 19.6 Å². The monoisotopic (exact) mass is 299 g/mol. The Morgan fingerprint density at radius 3 is 2.14 bits per heavy atom. The van der Waals surface area contributed by atoms with Gasteiger partial charge in [-0.2, -0.15) is 0 Å². The van der Waals surface area contributed by atoms with E-state index < -0.39 is 6.23 Å². The normalized spacial score (nSPS) is 12.5. The van der Waals surface area contributed by atoms with E-state index in [1.165, 1.54) is 11.1 Å². The lowest BCUT2D eigenvalue weighted by Gasteiger charge is -2.27. The van der Waals surface area contributed by atoms with E-state index in [2.05, 4.69) is 29.6 Å². The molecule has 0 spiro atoms. The van der Waals surface area contributed by atoms with E-state index in [0.29, 0.717) is 6.54 Å². The summed E-state index contributed by atoms with van der Waals surface area (Å²) in [5.74, 6) is 0. The SMILES string of the molecule is NCC(O)N(CCNCc1ccccc1)Cc1ccccc1. The molecule has 1 unspecified atom stereocenters.